The summed E-state index contributed by atoms with van der Waals surface area (Å²) in [5.74, 6) is -0.790. The van der Waals surface area contributed by atoms with Crippen LogP contribution in [0, 0.1) is 0 Å². The third-order valence-corrected chi connectivity index (χ3v) is 7.70. The van der Waals surface area contributed by atoms with Gasteiger partial charge >= 0.3 is 5.97 Å². The fourth-order valence-corrected chi connectivity index (χ4v) is 5.64. The Balaban J connectivity index is 1.50. The van der Waals surface area contributed by atoms with Crippen molar-refractivity contribution < 1.29 is 49.6 Å². The number of esters is 1. The fourth-order valence-electron chi connectivity index (χ4n) is 4.31. The van der Waals surface area contributed by atoms with Crippen molar-refractivity contribution in [2.75, 3.05) is 13.2 Å². The lowest BCUT2D eigenvalue weighted by atomic mass is 9.97. The Morgan fingerprint density at radius 1 is 1.03 bits per heavy atom. The van der Waals surface area contributed by atoms with Crippen LogP contribution in [-0.2, 0) is 20.8 Å². The first kappa shape index (κ1) is 29.2. The molecular formula is C22H28N6O10S. The number of thioether (sulfide) groups is 1. The van der Waals surface area contributed by atoms with Crippen LogP contribution >= 0.6 is 11.8 Å². The third kappa shape index (κ3) is 6.33. The molecule has 212 valence electrons. The Morgan fingerprint density at radius 3 is 2.31 bits per heavy atom. The van der Waals surface area contributed by atoms with Crippen LogP contribution in [0.25, 0.3) is 10.4 Å². The summed E-state index contributed by atoms with van der Waals surface area (Å²) in [6.07, 6.45) is -7.35. The molecule has 0 saturated carbocycles. The molecule has 0 amide bonds. The number of aliphatic hydroxyl groups excluding tert-OH is 6. The van der Waals surface area contributed by atoms with Gasteiger partial charge in [0.2, 0.25) is 0 Å². The molecule has 1 aromatic heterocycles. The number of aliphatic hydroxyl groups is 6. The number of hydrogen-bond donors (Lipinski definition) is 6. The third-order valence-electron chi connectivity index (χ3n) is 6.39. The van der Waals surface area contributed by atoms with Crippen molar-refractivity contribution in [3.8, 4) is 0 Å². The lowest BCUT2D eigenvalue weighted by Crippen LogP contribution is -2.59. The maximum absolute atomic E-state index is 12.5. The number of ether oxygens (including phenoxy) is 3. The summed E-state index contributed by atoms with van der Waals surface area (Å²) in [6, 6.07) is 6.33. The monoisotopic (exact) mass is 568 g/mol. The van der Waals surface area contributed by atoms with E-state index < -0.39 is 78.8 Å². The maximum atomic E-state index is 12.5. The second kappa shape index (κ2) is 13.0. The number of aromatic nitrogens is 3. The van der Waals surface area contributed by atoms with E-state index >= 15 is 0 Å². The summed E-state index contributed by atoms with van der Waals surface area (Å²) >= 11 is 0.722. The highest BCUT2D eigenvalue weighted by atomic mass is 32.2. The number of hydrogen-bond acceptors (Lipinski definition) is 14. The molecule has 10 atom stereocenters. The molecule has 6 unspecified atom stereocenters. The lowest BCUT2D eigenvalue weighted by Gasteiger charge is -2.45. The summed E-state index contributed by atoms with van der Waals surface area (Å²) < 4.78 is 17.5. The van der Waals surface area contributed by atoms with E-state index in [0.717, 1.165) is 22.0 Å². The van der Waals surface area contributed by atoms with Gasteiger partial charge in [0.05, 0.1) is 31.6 Å². The smallest absolute Gasteiger partial charge is 0.360 e. The molecule has 0 spiro atoms. The Morgan fingerprint density at radius 2 is 1.67 bits per heavy atom. The lowest BCUT2D eigenvalue weighted by molar-refractivity contribution is -0.183. The first-order valence-electron chi connectivity index (χ1n) is 11.9. The van der Waals surface area contributed by atoms with Gasteiger partial charge in [-0.25, -0.2) is 9.48 Å². The van der Waals surface area contributed by atoms with E-state index in [9.17, 15) is 35.4 Å². The van der Waals surface area contributed by atoms with Crippen LogP contribution in [0.4, 0.5) is 0 Å². The SMILES string of the molecule is [N-]=[N+]=NC1C(O)[C@@H](CO)OC(S[C@@H]2OC(CO)[C@H](O)C(n3cc(C(=O)OCc4ccccc4)nn3)C2O)[C@@H]1O. The molecule has 17 heteroatoms. The number of carbonyl (C=O) groups is 1. The highest BCUT2D eigenvalue weighted by molar-refractivity contribution is 8.00. The van der Waals surface area contributed by atoms with Crippen molar-refractivity contribution in [2.45, 2.75) is 66.2 Å². The van der Waals surface area contributed by atoms with Crippen molar-refractivity contribution in [3.63, 3.8) is 0 Å². The van der Waals surface area contributed by atoms with E-state index in [-0.39, 0.29) is 12.3 Å². The molecule has 2 aliphatic heterocycles. The van der Waals surface area contributed by atoms with Gasteiger partial charge < -0.3 is 44.8 Å². The van der Waals surface area contributed by atoms with Crippen molar-refractivity contribution in [1.82, 2.24) is 15.0 Å². The fraction of sp³-hybridized carbons (Fsp3) is 0.591. The van der Waals surface area contributed by atoms with Crippen LogP contribution in [-0.4, -0.2) is 118 Å². The number of carbonyl (C=O) groups excluding carboxylic acids is 1. The molecule has 6 N–H and O–H groups in total. The topological polar surface area (TPSA) is 246 Å². The van der Waals surface area contributed by atoms with Gasteiger partial charge in [0.25, 0.3) is 0 Å². The standard InChI is InChI=1S/C22H28N6O10S/c23-26-25-14-16(31)12(7-29)37-21(18(14)33)39-22-19(34)15(17(32)13(8-30)38-22)28-6-11(24-27-28)20(35)36-9-10-4-2-1-3-5-10/h1-6,12-19,21-22,29-34H,7-9H2/t12-,13?,14?,15?,16?,17+,18-,19?,21?,22+/m1/s1. The van der Waals surface area contributed by atoms with Crippen LogP contribution in [0.2, 0.25) is 0 Å². The van der Waals surface area contributed by atoms with Crippen LogP contribution < -0.4 is 0 Å². The molecule has 39 heavy (non-hydrogen) atoms. The Hall–Kier alpha value is -2.83. The van der Waals surface area contributed by atoms with Crippen LogP contribution in [0.1, 0.15) is 22.1 Å². The molecule has 2 aromatic rings. The van der Waals surface area contributed by atoms with E-state index in [1.54, 1.807) is 24.3 Å². The van der Waals surface area contributed by atoms with E-state index in [4.69, 9.17) is 19.7 Å². The van der Waals surface area contributed by atoms with Gasteiger partial charge in [-0.1, -0.05) is 52.4 Å². The van der Waals surface area contributed by atoms with Crippen LogP contribution in [0.3, 0.4) is 0 Å². The molecule has 4 rings (SSSR count). The highest BCUT2D eigenvalue weighted by Gasteiger charge is 2.50. The van der Waals surface area contributed by atoms with Gasteiger partial charge in [0.1, 0.15) is 54.0 Å². The zero-order chi connectivity index (χ0) is 28.1. The second-order valence-electron chi connectivity index (χ2n) is 8.88. The molecule has 2 fully saturated rings. The average molecular weight is 569 g/mol. The molecule has 2 saturated heterocycles. The second-order valence-corrected chi connectivity index (χ2v) is 10.1. The minimum absolute atomic E-state index is 0.00948. The predicted octanol–water partition coefficient (Wildman–Crippen LogP) is -1.53. The molecule has 3 heterocycles. The van der Waals surface area contributed by atoms with Gasteiger partial charge in [-0.15, -0.1) is 5.10 Å². The number of benzene rings is 1. The van der Waals surface area contributed by atoms with E-state index in [2.05, 4.69) is 20.3 Å². The summed E-state index contributed by atoms with van der Waals surface area (Å²) in [6.45, 7) is -1.32. The van der Waals surface area contributed by atoms with E-state index in [0.29, 0.717) is 0 Å². The summed E-state index contributed by atoms with van der Waals surface area (Å²) in [5.41, 5.74) is 6.86. The molecule has 1 aromatic carbocycles. The van der Waals surface area contributed by atoms with Crippen molar-refractivity contribution >= 4 is 17.7 Å². The summed E-state index contributed by atoms with van der Waals surface area (Å²) in [5, 5.41) is 73.2. The zero-order valence-corrected chi connectivity index (χ0v) is 21.1. The van der Waals surface area contributed by atoms with Gasteiger partial charge in [0.15, 0.2) is 5.69 Å². The average Bonchev–Trinajstić information content (AvgIpc) is 3.43. The minimum Gasteiger partial charge on any atom is -0.456 e. The maximum Gasteiger partial charge on any atom is 0.360 e. The van der Waals surface area contributed by atoms with Gasteiger partial charge in [-0.05, 0) is 11.1 Å². The van der Waals surface area contributed by atoms with Crippen molar-refractivity contribution in [3.05, 3.63) is 58.2 Å². The summed E-state index contributed by atoms with van der Waals surface area (Å²) in [4.78, 5) is 15.1. The number of rotatable bonds is 9. The van der Waals surface area contributed by atoms with E-state index in [1.807, 2.05) is 6.07 Å². The number of azide groups is 1. The number of nitrogens with zero attached hydrogens (tertiary/aromatic N) is 6. The first-order chi connectivity index (χ1) is 18.8. The molecule has 0 aliphatic carbocycles. The van der Waals surface area contributed by atoms with Crippen LogP contribution in [0.15, 0.2) is 41.6 Å². The Bertz CT molecular complexity index is 1150. The normalized spacial score (nSPS) is 34.7. The highest BCUT2D eigenvalue weighted by Crippen LogP contribution is 2.40. The predicted molar refractivity (Wildman–Crippen MR) is 131 cm³/mol. The summed E-state index contributed by atoms with van der Waals surface area (Å²) in [7, 11) is 0. The molecule has 16 nitrogen and oxygen atoms in total. The molecule has 0 radical (unpaired) electrons. The van der Waals surface area contributed by atoms with Gasteiger partial charge in [-0.3, -0.25) is 0 Å². The van der Waals surface area contributed by atoms with Gasteiger partial charge in [-0.2, -0.15) is 0 Å². The van der Waals surface area contributed by atoms with Gasteiger partial charge in [0, 0.05) is 4.91 Å². The zero-order valence-electron chi connectivity index (χ0n) is 20.3. The molecule has 0 bridgehead atoms. The van der Waals surface area contributed by atoms with Crippen LogP contribution in [0.5, 0.6) is 0 Å². The quantitative estimate of drug-likeness (QED) is 0.0870. The molecule has 2 aliphatic rings. The van der Waals surface area contributed by atoms with Crippen molar-refractivity contribution in [1.29, 1.82) is 0 Å². The Kier molecular flexibility index (Phi) is 9.73. The minimum atomic E-state index is -1.56. The first-order valence-corrected chi connectivity index (χ1v) is 12.8. The van der Waals surface area contributed by atoms with Crippen molar-refractivity contribution in [2.24, 2.45) is 5.11 Å². The Labute approximate surface area is 225 Å². The molecular weight excluding hydrogens is 540 g/mol. The van der Waals surface area contributed by atoms with E-state index in [1.165, 1.54) is 6.20 Å². The largest absolute Gasteiger partial charge is 0.456 e.